The second kappa shape index (κ2) is 19.0. The summed E-state index contributed by atoms with van der Waals surface area (Å²) in [6.07, 6.45) is 13.5. The third kappa shape index (κ3) is 17.0. The SMILES string of the molecule is CCCCCCCCCCCCOS(=O)(=O)[O-].[Na+].c1ccc(-c2ccccn2)cc1. The molecule has 0 saturated carbocycles. The average Bonchev–Trinajstić information content (AvgIpc) is 2.73. The molecule has 0 saturated heterocycles. The summed E-state index contributed by atoms with van der Waals surface area (Å²) in [5.41, 5.74) is 2.19. The first-order valence-electron chi connectivity index (χ1n) is 10.6. The molecule has 0 aliphatic carbocycles. The van der Waals surface area contributed by atoms with Crippen molar-refractivity contribution < 1.29 is 46.7 Å². The van der Waals surface area contributed by atoms with Gasteiger partial charge >= 0.3 is 29.6 Å². The van der Waals surface area contributed by atoms with Gasteiger partial charge in [-0.2, -0.15) is 0 Å². The molecule has 0 radical (unpaired) electrons. The van der Waals surface area contributed by atoms with Crippen LogP contribution in [0.1, 0.15) is 71.1 Å². The Balaban J connectivity index is 0.000000566. The molecule has 0 fully saturated rings. The van der Waals surface area contributed by atoms with Crippen LogP contribution in [-0.4, -0.2) is 24.6 Å². The van der Waals surface area contributed by atoms with Crippen molar-refractivity contribution >= 4 is 10.4 Å². The van der Waals surface area contributed by atoms with E-state index in [-0.39, 0.29) is 36.2 Å². The van der Waals surface area contributed by atoms with Crippen molar-refractivity contribution in [3.63, 3.8) is 0 Å². The summed E-state index contributed by atoms with van der Waals surface area (Å²) in [6, 6.07) is 16.1. The van der Waals surface area contributed by atoms with Crippen molar-refractivity contribution in [2.24, 2.45) is 0 Å². The summed E-state index contributed by atoms with van der Waals surface area (Å²) >= 11 is 0. The van der Waals surface area contributed by atoms with Crippen molar-refractivity contribution in [2.75, 3.05) is 6.61 Å². The zero-order valence-electron chi connectivity index (χ0n) is 18.5. The van der Waals surface area contributed by atoms with Gasteiger partial charge in [0.05, 0.1) is 12.3 Å². The molecule has 2 rings (SSSR count). The number of hydrogen-bond donors (Lipinski definition) is 0. The molecule has 1 heterocycles. The molecule has 2 aromatic rings. The van der Waals surface area contributed by atoms with Crippen molar-refractivity contribution in [1.29, 1.82) is 0 Å². The molecule has 5 nitrogen and oxygen atoms in total. The van der Waals surface area contributed by atoms with Crippen LogP contribution in [-0.2, 0) is 14.6 Å². The predicted octanol–water partition coefficient (Wildman–Crippen LogP) is 3.14. The Hall–Kier alpha value is -0.760. The summed E-state index contributed by atoms with van der Waals surface area (Å²) in [5.74, 6) is 0. The van der Waals surface area contributed by atoms with Crippen LogP contribution in [0.4, 0.5) is 0 Å². The van der Waals surface area contributed by atoms with Crippen LogP contribution in [0.25, 0.3) is 11.3 Å². The second-order valence-electron chi connectivity index (χ2n) is 6.99. The van der Waals surface area contributed by atoms with Crippen molar-refractivity contribution in [1.82, 2.24) is 4.98 Å². The van der Waals surface area contributed by atoms with E-state index in [1.807, 2.05) is 42.6 Å². The van der Waals surface area contributed by atoms with Crippen molar-refractivity contribution in [3.8, 4) is 11.3 Å². The van der Waals surface area contributed by atoms with Crippen LogP contribution in [0.3, 0.4) is 0 Å². The van der Waals surface area contributed by atoms with E-state index in [4.69, 9.17) is 0 Å². The Morgan fingerprint density at radius 3 is 1.83 bits per heavy atom. The quantitative estimate of drug-likeness (QED) is 0.206. The van der Waals surface area contributed by atoms with Crippen LogP contribution in [0, 0.1) is 0 Å². The number of hydrogen-bond acceptors (Lipinski definition) is 5. The summed E-state index contributed by atoms with van der Waals surface area (Å²) in [4.78, 5) is 4.25. The monoisotopic (exact) mass is 443 g/mol. The van der Waals surface area contributed by atoms with E-state index in [2.05, 4.69) is 28.2 Å². The van der Waals surface area contributed by atoms with Gasteiger partial charge in [-0.3, -0.25) is 9.17 Å². The smallest absolute Gasteiger partial charge is 0.726 e. The molecule has 0 amide bonds. The van der Waals surface area contributed by atoms with Crippen molar-refractivity contribution in [3.05, 3.63) is 54.7 Å². The first-order chi connectivity index (χ1) is 14.0. The van der Waals surface area contributed by atoms with E-state index >= 15 is 0 Å². The molecule has 0 bridgehead atoms. The van der Waals surface area contributed by atoms with Crippen LogP contribution < -0.4 is 29.6 Å². The molecule has 0 spiro atoms. The van der Waals surface area contributed by atoms with E-state index in [9.17, 15) is 13.0 Å². The Kier molecular flexibility index (Phi) is 18.5. The molecule has 0 unspecified atom stereocenters. The molecule has 0 N–H and O–H groups in total. The standard InChI is InChI=1S/C12H26O4S.C11H9N.Na/c1-2-3-4-5-6-7-8-9-10-11-12-16-17(13,14)15;1-2-6-10(7-3-1)11-8-4-5-9-12-11;/h2-12H2,1H3,(H,13,14,15);1-9H;/q;;+1/p-1. The van der Waals surface area contributed by atoms with Gasteiger partial charge in [0.2, 0.25) is 10.4 Å². The number of pyridine rings is 1. The minimum Gasteiger partial charge on any atom is -0.726 e. The fourth-order valence-corrected chi connectivity index (χ4v) is 3.21. The Morgan fingerprint density at radius 1 is 0.800 bits per heavy atom. The third-order valence-electron chi connectivity index (χ3n) is 4.46. The van der Waals surface area contributed by atoms with Gasteiger partial charge in [0.25, 0.3) is 0 Å². The van der Waals surface area contributed by atoms with Crippen LogP contribution in [0.2, 0.25) is 0 Å². The molecule has 0 aliphatic heterocycles. The normalized spacial score (nSPS) is 10.6. The third-order valence-corrected chi connectivity index (χ3v) is 4.92. The minimum atomic E-state index is -4.48. The Bertz CT molecular complexity index is 690. The van der Waals surface area contributed by atoms with E-state index in [0.29, 0.717) is 6.42 Å². The first kappa shape index (κ1) is 29.2. The van der Waals surface area contributed by atoms with E-state index in [1.54, 1.807) is 0 Å². The van der Waals surface area contributed by atoms with Gasteiger partial charge in [-0.15, -0.1) is 0 Å². The average molecular weight is 444 g/mol. The van der Waals surface area contributed by atoms with E-state index in [1.165, 1.54) is 44.9 Å². The number of aromatic nitrogens is 1. The van der Waals surface area contributed by atoms with E-state index in [0.717, 1.165) is 24.1 Å². The maximum absolute atomic E-state index is 10.1. The molecule has 0 atom stereocenters. The maximum Gasteiger partial charge on any atom is 1.00 e. The fraction of sp³-hybridized carbons (Fsp3) is 0.522. The summed E-state index contributed by atoms with van der Waals surface area (Å²) < 4.78 is 34.5. The molecular weight excluding hydrogens is 409 g/mol. The summed E-state index contributed by atoms with van der Waals surface area (Å²) in [5, 5.41) is 0. The van der Waals surface area contributed by atoms with Gasteiger partial charge in [-0.25, -0.2) is 8.42 Å². The second-order valence-corrected chi connectivity index (χ2v) is 8.05. The van der Waals surface area contributed by atoms with E-state index < -0.39 is 10.4 Å². The van der Waals surface area contributed by atoms with Gasteiger partial charge in [-0.1, -0.05) is 101 Å². The topological polar surface area (TPSA) is 79.3 Å². The molecule has 30 heavy (non-hydrogen) atoms. The number of benzene rings is 1. The Labute approximate surface area is 204 Å². The van der Waals surface area contributed by atoms with Crippen LogP contribution in [0.15, 0.2) is 54.7 Å². The Morgan fingerprint density at radius 2 is 1.33 bits per heavy atom. The molecule has 0 aliphatic rings. The van der Waals surface area contributed by atoms with Gasteiger partial charge in [-0.05, 0) is 18.6 Å². The molecule has 7 heteroatoms. The minimum absolute atomic E-state index is 0. The molecule has 1 aromatic carbocycles. The van der Waals surface area contributed by atoms with Gasteiger partial charge in [0.15, 0.2) is 0 Å². The molecule has 162 valence electrons. The van der Waals surface area contributed by atoms with Crippen molar-refractivity contribution in [2.45, 2.75) is 71.1 Å². The van der Waals surface area contributed by atoms with Crippen LogP contribution in [0.5, 0.6) is 0 Å². The van der Waals surface area contributed by atoms with Gasteiger partial charge in [0, 0.05) is 11.8 Å². The first-order valence-corrected chi connectivity index (χ1v) is 11.9. The zero-order valence-corrected chi connectivity index (χ0v) is 21.3. The van der Waals surface area contributed by atoms with Crippen LogP contribution >= 0.6 is 0 Å². The predicted molar refractivity (Wildman–Crippen MR) is 117 cm³/mol. The summed E-state index contributed by atoms with van der Waals surface area (Å²) in [6.45, 7) is 2.24. The number of rotatable bonds is 13. The zero-order chi connectivity index (χ0) is 21.2. The largest absolute Gasteiger partial charge is 1.00 e. The molecule has 1 aromatic heterocycles. The number of unbranched alkanes of at least 4 members (excludes halogenated alkanes) is 9. The fourth-order valence-electron chi connectivity index (χ4n) is 2.89. The summed E-state index contributed by atoms with van der Waals surface area (Å²) in [7, 11) is -4.48. The van der Waals surface area contributed by atoms with Gasteiger partial charge < -0.3 is 4.55 Å². The maximum atomic E-state index is 10.1. The molecular formula is C23H34NNaO4S. The van der Waals surface area contributed by atoms with Gasteiger partial charge in [0.1, 0.15) is 0 Å². The number of nitrogens with zero attached hydrogens (tertiary/aromatic N) is 1.